The van der Waals surface area contributed by atoms with Gasteiger partial charge in [0.1, 0.15) is 0 Å². The molecule has 3 heteroatoms. The molecule has 0 fully saturated rings. The van der Waals surface area contributed by atoms with Gasteiger partial charge in [-0.25, -0.2) is 0 Å². The molecule has 0 atom stereocenters. The molecule has 3 aromatic rings. The van der Waals surface area contributed by atoms with Crippen molar-refractivity contribution in [3.05, 3.63) is 66.5 Å². The van der Waals surface area contributed by atoms with Crippen LogP contribution in [0.15, 0.2) is 60.9 Å². The summed E-state index contributed by atoms with van der Waals surface area (Å²) in [4.78, 5) is 6.30. The lowest BCUT2D eigenvalue weighted by atomic mass is 10.1. The van der Waals surface area contributed by atoms with E-state index in [1.54, 1.807) is 0 Å². The summed E-state index contributed by atoms with van der Waals surface area (Å²) in [6.45, 7) is 0.798. The minimum atomic E-state index is 0.798. The Morgan fingerprint density at radius 2 is 1.86 bits per heavy atom. The molecule has 0 amide bonds. The normalized spacial score (nSPS) is 10.6. The van der Waals surface area contributed by atoms with Crippen LogP contribution in [0.25, 0.3) is 10.8 Å². The number of hydrogen-bond acceptors (Lipinski definition) is 3. The minimum Gasteiger partial charge on any atom is -0.379 e. The molecule has 0 aliphatic heterocycles. The summed E-state index contributed by atoms with van der Waals surface area (Å²) >= 11 is 0. The average molecular weight is 277 g/mol. The number of para-hydroxylation sites is 2. The molecule has 0 bridgehead atoms. The maximum atomic E-state index is 4.18. The molecule has 3 rings (SSSR count). The lowest BCUT2D eigenvalue weighted by Crippen LogP contribution is -2.12. The molecule has 0 spiro atoms. The third-order valence-electron chi connectivity index (χ3n) is 3.63. The Morgan fingerprint density at radius 1 is 1.00 bits per heavy atom. The number of rotatable bonds is 4. The standard InChI is InChI=1S/C18H19N3/c1-21(2)18-9-4-3-8-17(18)20-13-15-7-5-6-14-12-19-11-10-16(14)15/h3-12,20H,13H2,1-2H3. The number of benzene rings is 2. The lowest BCUT2D eigenvalue weighted by Gasteiger charge is -2.18. The highest BCUT2D eigenvalue weighted by molar-refractivity contribution is 5.85. The second-order valence-electron chi connectivity index (χ2n) is 5.28. The molecule has 106 valence electrons. The van der Waals surface area contributed by atoms with Crippen LogP contribution in [-0.2, 0) is 6.54 Å². The fourth-order valence-electron chi connectivity index (χ4n) is 2.55. The first-order valence-corrected chi connectivity index (χ1v) is 7.07. The maximum absolute atomic E-state index is 4.18. The number of anilines is 2. The van der Waals surface area contributed by atoms with Gasteiger partial charge in [-0.05, 0) is 29.1 Å². The number of fused-ring (bicyclic) bond motifs is 1. The highest BCUT2D eigenvalue weighted by Gasteiger charge is 2.05. The molecule has 0 aliphatic rings. The summed E-state index contributed by atoms with van der Waals surface area (Å²) < 4.78 is 0. The van der Waals surface area contributed by atoms with Crippen molar-refractivity contribution < 1.29 is 0 Å². The van der Waals surface area contributed by atoms with E-state index in [4.69, 9.17) is 0 Å². The van der Waals surface area contributed by atoms with E-state index in [1.165, 1.54) is 22.0 Å². The fraction of sp³-hybridized carbons (Fsp3) is 0.167. The average Bonchev–Trinajstić information content (AvgIpc) is 2.53. The summed E-state index contributed by atoms with van der Waals surface area (Å²) in [7, 11) is 4.12. The number of pyridine rings is 1. The Hall–Kier alpha value is -2.55. The predicted octanol–water partition coefficient (Wildman–Crippen LogP) is 3.91. The second kappa shape index (κ2) is 5.83. The zero-order valence-electron chi connectivity index (χ0n) is 12.4. The van der Waals surface area contributed by atoms with Crippen molar-refractivity contribution in [2.24, 2.45) is 0 Å². The Labute approximate surface area is 125 Å². The van der Waals surface area contributed by atoms with E-state index in [9.17, 15) is 0 Å². The van der Waals surface area contributed by atoms with Crippen molar-refractivity contribution in [2.75, 3.05) is 24.3 Å². The van der Waals surface area contributed by atoms with Crippen LogP contribution in [0.4, 0.5) is 11.4 Å². The van der Waals surface area contributed by atoms with Crippen LogP contribution in [0.3, 0.4) is 0 Å². The van der Waals surface area contributed by atoms with E-state index >= 15 is 0 Å². The van der Waals surface area contributed by atoms with E-state index in [2.05, 4.69) is 77.8 Å². The third kappa shape index (κ3) is 2.82. The monoisotopic (exact) mass is 277 g/mol. The smallest absolute Gasteiger partial charge is 0.0596 e. The Morgan fingerprint density at radius 3 is 2.71 bits per heavy atom. The van der Waals surface area contributed by atoms with E-state index in [-0.39, 0.29) is 0 Å². The predicted molar refractivity (Wildman–Crippen MR) is 89.8 cm³/mol. The fourth-order valence-corrected chi connectivity index (χ4v) is 2.55. The van der Waals surface area contributed by atoms with Gasteiger partial charge in [-0.1, -0.05) is 30.3 Å². The molecule has 0 radical (unpaired) electrons. The van der Waals surface area contributed by atoms with E-state index in [0.717, 1.165) is 12.2 Å². The van der Waals surface area contributed by atoms with Crippen molar-refractivity contribution in [1.82, 2.24) is 4.98 Å². The van der Waals surface area contributed by atoms with Crippen molar-refractivity contribution in [3.63, 3.8) is 0 Å². The zero-order chi connectivity index (χ0) is 14.7. The maximum Gasteiger partial charge on any atom is 0.0596 e. The van der Waals surface area contributed by atoms with Gasteiger partial charge in [0.15, 0.2) is 0 Å². The second-order valence-corrected chi connectivity index (χ2v) is 5.28. The molecule has 3 nitrogen and oxygen atoms in total. The molecule has 0 saturated carbocycles. The van der Waals surface area contributed by atoms with Gasteiger partial charge in [0.25, 0.3) is 0 Å². The summed E-state index contributed by atoms with van der Waals surface area (Å²) in [5.41, 5.74) is 3.62. The van der Waals surface area contributed by atoms with Crippen LogP contribution >= 0.6 is 0 Å². The highest BCUT2D eigenvalue weighted by atomic mass is 15.1. The van der Waals surface area contributed by atoms with E-state index in [0.29, 0.717) is 0 Å². The summed E-state index contributed by atoms with van der Waals surface area (Å²) in [5, 5.41) is 5.97. The molecular weight excluding hydrogens is 258 g/mol. The molecule has 21 heavy (non-hydrogen) atoms. The van der Waals surface area contributed by atoms with E-state index < -0.39 is 0 Å². The Bertz CT molecular complexity index is 745. The van der Waals surface area contributed by atoms with Gasteiger partial charge in [-0.3, -0.25) is 4.98 Å². The third-order valence-corrected chi connectivity index (χ3v) is 3.63. The molecule has 1 aromatic heterocycles. The van der Waals surface area contributed by atoms with Crippen LogP contribution < -0.4 is 10.2 Å². The Kier molecular flexibility index (Phi) is 3.73. The minimum absolute atomic E-state index is 0.798. The van der Waals surface area contributed by atoms with Crippen LogP contribution in [0.2, 0.25) is 0 Å². The number of nitrogens with one attached hydrogen (secondary N) is 1. The highest BCUT2D eigenvalue weighted by Crippen LogP contribution is 2.25. The van der Waals surface area contributed by atoms with Gasteiger partial charge in [-0.2, -0.15) is 0 Å². The SMILES string of the molecule is CN(C)c1ccccc1NCc1cccc2cnccc12. The van der Waals surface area contributed by atoms with Crippen molar-refractivity contribution >= 4 is 22.1 Å². The van der Waals surface area contributed by atoms with Crippen LogP contribution in [0.5, 0.6) is 0 Å². The van der Waals surface area contributed by atoms with Gasteiger partial charge in [-0.15, -0.1) is 0 Å². The van der Waals surface area contributed by atoms with Crippen molar-refractivity contribution in [2.45, 2.75) is 6.54 Å². The van der Waals surface area contributed by atoms with Crippen LogP contribution in [0, 0.1) is 0 Å². The molecular formula is C18H19N3. The number of aromatic nitrogens is 1. The molecule has 2 aromatic carbocycles. The first kappa shape index (κ1) is 13.4. The number of hydrogen-bond donors (Lipinski definition) is 1. The topological polar surface area (TPSA) is 28.2 Å². The van der Waals surface area contributed by atoms with Crippen LogP contribution in [-0.4, -0.2) is 19.1 Å². The molecule has 1 heterocycles. The molecule has 0 aliphatic carbocycles. The summed E-state index contributed by atoms with van der Waals surface area (Å²) in [6.07, 6.45) is 3.76. The molecule has 1 N–H and O–H groups in total. The molecule has 0 unspecified atom stereocenters. The zero-order valence-corrected chi connectivity index (χ0v) is 12.4. The van der Waals surface area contributed by atoms with E-state index in [1.807, 2.05) is 12.4 Å². The van der Waals surface area contributed by atoms with Crippen molar-refractivity contribution in [1.29, 1.82) is 0 Å². The summed E-state index contributed by atoms with van der Waals surface area (Å²) in [6, 6.07) is 16.8. The van der Waals surface area contributed by atoms with Gasteiger partial charge in [0.2, 0.25) is 0 Å². The van der Waals surface area contributed by atoms with Gasteiger partial charge >= 0.3 is 0 Å². The van der Waals surface area contributed by atoms with Gasteiger partial charge in [0.05, 0.1) is 11.4 Å². The summed E-state index contributed by atoms with van der Waals surface area (Å²) in [5.74, 6) is 0. The van der Waals surface area contributed by atoms with Gasteiger partial charge in [0, 0.05) is 38.4 Å². The van der Waals surface area contributed by atoms with Gasteiger partial charge < -0.3 is 10.2 Å². The molecule has 0 saturated heterocycles. The lowest BCUT2D eigenvalue weighted by molar-refractivity contribution is 1.11. The quantitative estimate of drug-likeness (QED) is 0.783. The Balaban J connectivity index is 1.87. The van der Waals surface area contributed by atoms with Crippen LogP contribution in [0.1, 0.15) is 5.56 Å². The van der Waals surface area contributed by atoms with Crippen molar-refractivity contribution in [3.8, 4) is 0 Å². The largest absolute Gasteiger partial charge is 0.379 e. The first-order valence-electron chi connectivity index (χ1n) is 7.07. The first-order chi connectivity index (χ1) is 10.3. The number of nitrogens with zero attached hydrogens (tertiary/aromatic N) is 2.